The second-order valence-corrected chi connectivity index (χ2v) is 5.18. The zero-order chi connectivity index (χ0) is 14.0. The Labute approximate surface area is 111 Å². The van der Waals surface area contributed by atoms with Crippen LogP contribution in [0, 0.1) is 0 Å². The van der Waals surface area contributed by atoms with Gasteiger partial charge in [-0.3, -0.25) is 4.79 Å². The van der Waals surface area contributed by atoms with Gasteiger partial charge in [-0.1, -0.05) is 30.3 Å². The van der Waals surface area contributed by atoms with Crippen molar-refractivity contribution in [1.29, 1.82) is 0 Å². The Kier molecular flexibility index (Phi) is 3.44. The molecule has 0 atom stereocenters. The van der Waals surface area contributed by atoms with E-state index in [1.54, 1.807) is 38.1 Å². The lowest BCUT2D eigenvalue weighted by Crippen LogP contribution is -2.38. The molecule has 0 spiro atoms. The molecule has 4 nitrogen and oxygen atoms in total. The molecule has 0 saturated heterocycles. The predicted molar refractivity (Wildman–Crippen MR) is 74.2 cm³/mol. The molecular weight excluding hydrogens is 242 g/mol. The van der Waals surface area contributed by atoms with E-state index in [1.807, 2.05) is 12.1 Å². The highest BCUT2D eigenvalue weighted by molar-refractivity contribution is 6.03. The molecule has 3 N–H and O–H groups in total. The standard InChI is InChI=1S/C15H17NO3/c1-15(2,19)9-16-14(18)12-8-7-10-5-3-4-6-11(10)13(12)17/h3-8,17,19H,9H2,1-2H3,(H,16,18). The molecule has 0 saturated carbocycles. The lowest BCUT2D eigenvalue weighted by Gasteiger charge is -2.18. The molecule has 0 heterocycles. The third-order valence-electron chi connectivity index (χ3n) is 2.83. The largest absolute Gasteiger partial charge is 0.506 e. The van der Waals surface area contributed by atoms with Gasteiger partial charge in [0.25, 0.3) is 5.91 Å². The molecule has 2 aromatic rings. The fourth-order valence-corrected chi connectivity index (χ4v) is 1.83. The number of fused-ring (bicyclic) bond motifs is 1. The number of rotatable bonds is 3. The van der Waals surface area contributed by atoms with Crippen LogP contribution >= 0.6 is 0 Å². The zero-order valence-corrected chi connectivity index (χ0v) is 11.0. The van der Waals surface area contributed by atoms with Gasteiger partial charge in [0.1, 0.15) is 5.75 Å². The van der Waals surface area contributed by atoms with E-state index in [2.05, 4.69) is 5.32 Å². The van der Waals surface area contributed by atoms with E-state index in [-0.39, 0.29) is 17.9 Å². The summed E-state index contributed by atoms with van der Waals surface area (Å²) in [5, 5.41) is 23.8. The van der Waals surface area contributed by atoms with Gasteiger partial charge in [0.05, 0.1) is 11.2 Å². The molecule has 0 aliphatic rings. The van der Waals surface area contributed by atoms with Gasteiger partial charge in [0.2, 0.25) is 0 Å². The van der Waals surface area contributed by atoms with Gasteiger partial charge in [0, 0.05) is 11.9 Å². The normalized spacial score (nSPS) is 11.5. The van der Waals surface area contributed by atoms with Gasteiger partial charge in [-0.05, 0) is 25.3 Å². The van der Waals surface area contributed by atoms with Crippen LogP contribution in [0.25, 0.3) is 10.8 Å². The number of nitrogens with one attached hydrogen (secondary N) is 1. The number of aliphatic hydroxyl groups is 1. The molecule has 4 heteroatoms. The maximum atomic E-state index is 12.0. The quantitative estimate of drug-likeness (QED) is 0.790. The third kappa shape index (κ3) is 3.03. The molecule has 100 valence electrons. The second kappa shape index (κ2) is 4.90. The van der Waals surface area contributed by atoms with Gasteiger partial charge >= 0.3 is 0 Å². The smallest absolute Gasteiger partial charge is 0.255 e. The molecule has 0 radical (unpaired) electrons. The molecule has 1 amide bonds. The number of hydrogen-bond donors (Lipinski definition) is 3. The number of benzene rings is 2. The van der Waals surface area contributed by atoms with Crippen LogP contribution < -0.4 is 5.32 Å². The molecule has 0 aliphatic carbocycles. The van der Waals surface area contributed by atoms with Crippen LogP contribution in [0.2, 0.25) is 0 Å². The fourth-order valence-electron chi connectivity index (χ4n) is 1.83. The number of amides is 1. The number of carbonyl (C=O) groups excluding carboxylic acids is 1. The van der Waals surface area contributed by atoms with Crippen molar-refractivity contribution in [2.45, 2.75) is 19.4 Å². The summed E-state index contributed by atoms with van der Waals surface area (Å²) in [6.45, 7) is 3.33. The first-order valence-electron chi connectivity index (χ1n) is 6.10. The first-order chi connectivity index (χ1) is 8.88. The van der Waals surface area contributed by atoms with Crippen molar-refractivity contribution in [2.24, 2.45) is 0 Å². The summed E-state index contributed by atoms with van der Waals surface area (Å²) in [4.78, 5) is 12.0. The SMILES string of the molecule is CC(C)(O)CNC(=O)c1ccc2ccccc2c1O. The summed E-state index contributed by atoms with van der Waals surface area (Å²) in [5.74, 6) is -0.434. The van der Waals surface area contributed by atoms with Crippen LogP contribution in [-0.2, 0) is 0 Å². The average molecular weight is 259 g/mol. The van der Waals surface area contributed by atoms with E-state index < -0.39 is 11.5 Å². The molecule has 2 aromatic carbocycles. The highest BCUT2D eigenvalue weighted by atomic mass is 16.3. The first-order valence-corrected chi connectivity index (χ1v) is 6.10. The molecule has 0 aliphatic heterocycles. The van der Waals surface area contributed by atoms with Crippen molar-refractivity contribution in [3.63, 3.8) is 0 Å². The van der Waals surface area contributed by atoms with Crippen LogP contribution in [0.3, 0.4) is 0 Å². The number of phenols is 1. The van der Waals surface area contributed by atoms with Crippen LogP contribution in [0.1, 0.15) is 24.2 Å². The predicted octanol–water partition coefficient (Wildman–Crippen LogP) is 2.05. The molecule has 0 aromatic heterocycles. The Balaban J connectivity index is 2.30. The topological polar surface area (TPSA) is 69.6 Å². The highest BCUT2D eigenvalue weighted by Gasteiger charge is 2.17. The van der Waals surface area contributed by atoms with E-state index >= 15 is 0 Å². The first kappa shape index (κ1) is 13.4. The summed E-state index contributed by atoms with van der Waals surface area (Å²) >= 11 is 0. The Morgan fingerprint density at radius 2 is 1.89 bits per heavy atom. The minimum absolute atomic E-state index is 0.0358. The van der Waals surface area contributed by atoms with Crippen molar-refractivity contribution in [2.75, 3.05) is 6.54 Å². The summed E-state index contributed by atoms with van der Waals surface area (Å²) < 4.78 is 0. The van der Waals surface area contributed by atoms with Gasteiger partial charge in [0.15, 0.2) is 0 Å². The van der Waals surface area contributed by atoms with E-state index in [4.69, 9.17) is 0 Å². The monoisotopic (exact) mass is 259 g/mol. The summed E-state index contributed by atoms with van der Waals surface area (Å²) in [5.41, 5.74) is -0.773. The Morgan fingerprint density at radius 1 is 1.21 bits per heavy atom. The van der Waals surface area contributed by atoms with Gasteiger partial charge in [-0.25, -0.2) is 0 Å². The van der Waals surface area contributed by atoms with Crippen molar-refractivity contribution in [3.8, 4) is 5.75 Å². The Bertz CT molecular complexity index is 614. The minimum atomic E-state index is -0.984. The Morgan fingerprint density at radius 3 is 2.58 bits per heavy atom. The van der Waals surface area contributed by atoms with Gasteiger partial charge in [-0.2, -0.15) is 0 Å². The minimum Gasteiger partial charge on any atom is -0.506 e. The van der Waals surface area contributed by atoms with E-state index in [1.165, 1.54) is 0 Å². The van der Waals surface area contributed by atoms with E-state index in [0.717, 1.165) is 5.39 Å². The lowest BCUT2D eigenvalue weighted by atomic mass is 10.0. The fraction of sp³-hybridized carbons (Fsp3) is 0.267. The van der Waals surface area contributed by atoms with Crippen molar-refractivity contribution in [1.82, 2.24) is 5.32 Å². The third-order valence-corrected chi connectivity index (χ3v) is 2.83. The maximum absolute atomic E-state index is 12.0. The second-order valence-electron chi connectivity index (χ2n) is 5.18. The number of carbonyl (C=O) groups is 1. The number of phenolic OH excluding ortho intramolecular Hbond substituents is 1. The van der Waals surface area contributed by atoms with Crippen LogP contribution in [0.4, 0.5) is 0 Å². The van der Waals surface area contributed by atoms with Crippen molar-refractivity contribution in [3.05, 3.63) is 42.0 Å². The van der Waals surface area contributed by atoms with Crippen LogP contribution in [0.5, 0.6) is 5.75 Å². The average Bonchev–Trinajstić information content (AvgIpc) is 2.36. The van der Waals surface area contributed by atoms with Crippen LogP contribution in [0.15, 0.2) is 36.4 Å². The Hall–Kier alpha value is -2.07. The summed E-state index contributed by atoms with van der Waals surface area (Å²) in [6.07, 6.45) is 0. The summed E-state index contributed by atoms with van der Waals surface area (Å²) in [6, 6.07) is 10.7. The molecule has 19 heavy (non-hydrogen) atoms. The maximum Gasteiger partial charge on any atom is 0.255 e. The zero-order valence-electron chi connectivity index (χ0n) is 11.0. The molecule has 0 bridgehead atoms. The number of aromatic hydroxyl groups is 1. The van der Waals surface area contributed by atoms with Crippen molar-refractivity contribution < 1.29 is 15.0 Å². The molecule has 0 unspecified atom stereocenters. The van der Waals surface area contributed by atoms with Gasteiger partial charge in [-0.15, -0.1) is 0 Å². The van der Waals surface area contributed by atoms with Crippen LogP contribution in [-0.4, -0.2) is 28.3 Å². The molecule has 0 fully saturated rings. The summed E-state index contributed by atoms with van der Waals surface area (Å²) in [7, 11) is 0. The molecular formula is C15H17NO3. The highest BCUT2D eigenvalue weighted by Crippen LogP contribution is 2.28. The lowest BCUT2D eigenvalue weighted by molar-refractivity contribution is 0.0693. The van der Waals surface area contributed by atoms with Crippen molar-refractivity contribution >= 4 is 16.7 Å². The van der Waals surface area contributed by atoms with E-state index in [0.29, 0.717) is 5.39 Å². The number of hydrogen-bond acceptors (Lipinski definition) is 3. The van der Waals surface area contributed by atoms with E-state index in [9.17, 15) is 15.0 Å². The van der Waals surface area contributed by atoms with Gasteiger partial charge < -0.3 is 15.5 Å². The molecule has 2 rings (SSSR count).